The molecule has 2 N–H and O–H groups in total. The minimum atomic E-state index is -0.477. The van der Waals surface area contributed by atoms with E-state index in [1.54, 1.807) is 24.3 Å². The van der Waals surface area contributed by atoms with E-state index in [0.29, 0.717) is 28.6 Å². The lowest BCUT2D eigenvalue weighted by Gasteiger charge is -2.09. The molecule has 2 aromatic rings. The third-order valence-electron chi connectivity index (χ3n) is 3.66. The first-order chi connectivity index (χ1) is 12.6. The van der Waals surface area contributed by atoms with Crippen molar-refractivity contribution in [3.05, 3.63) is 58.9 Å². The summed E-state index contributed by atoms with van der Waals surface area (Å²) < 4.78 is 5.63. The summed E-state index contributed by atoms with van der Waals surface area (Å²) in [5, 5.41) is 0.290. The fraction of sp³-hybridized carbons (Fsp3) is 0.316. The zero-order chi connectivity index (χ0) is 18.8. The Balaban J connectivity index is 1.78. The highest BCUT2D eigenvalue weighted by atomic mass is 35.5. The molecule has 0 saturated heterocycles. The maximum Gasteiger partial charge on any atom is 0.271 e. The molecule has 138 valence electrons. The van der Waals surface area contributed by atoms with Gasteiger partial charge in [0.2, 0.25) is 0 Å². The van der Waals surface area contributed by atoms with E-state index in [1.165, 1.54) is 31.2 Å². The minimum absolute atomic E-state index is 0.290. The number of carbonyl (C=O) groups is 2. The number of hydrogen-bond donors (Lipinski definition) is 2. The summed E-state index contributed by atoms with van der Waals surface area (Å²) in [6.07, 6.45) is 5.90. The first kappa shape index (κ1) is 19.7. The van der Waals surface area contributed by atoms with Gasteiger partial charge in [-0.15, -0.1) is 0 Å². The van der Waals surface area contributed by atoms with Crippen molar-refractivity contribution in [2.75, 3.05) is 6.61 Å². The summed E-state index contributed by atoms with van der Waals surface area (Å²) in [4.78, 5) is 27.8. The fourth-order valence-electron chi connectivity index (χ4n) is 2.19. The van der Waals surface area contributed by atoms with Crippen molar-refractivity contribution in [3.8, 4) is 5.75 Å². The molecule has 0 atom stereocenters. The quantitative estimate of drug-likeness (QED) is 0.418. The third-order valence-corrected chi connectivity index (χ3v) is 3.89. The summed E-state index contributed by atoms with van der Waals surface area (Å²) in [6, 6.07) is 9.78. The number of benzene rings is 1. The molecule has 6 nitrogen and oxygen atoms in total. The Hall–Kier alpha value is -2.60. The van der Waals surface area contributed by atoms with Gasteiger partial charge in [0.05, 0.1) is 12.2 Å². The van der Waals surface area contributed by atoms with E-state index in [-0.39, 0.29) is 0 Å². The van der Waals surface area contributed by atoms with Crippen LogP contribution in [0.15, 0.2) is 42.6 Å². The summed E-state index contributed by atoms with van der Waals surface area (Å²) in [6.45, 7) is 2.83. The van der Waals surface area contributed by atoms with E-state index >= 15 is 0 Å². The van der Waals surface area contributed by atoms with Gasteiger partial charge in [-0.2, -0.15) is 0 Å². The van der Waals surface area contributed by atoms with Gasteiger partial charge in [0.15, 0.2) is 0 Å². The number of halogens is 1. The van der Waals surface area contributed by atoms with Crippen LogP contribution in [-0.4, -0.2) is 23.4 Å². The van der Waals surface area contributed by atoms with E-state index in [0.717, 1.165) is 12.8 Å². The molecule has 0 spiro atoms. The van der Waals surface area contributed by atoms with Gasteiger partial charge in [-0.1, -0.05) is 37.8 Å². The third kappa shape index (κ3) is 6.37. The van der Waals surface area contributed by atoms with E-state index < -0.39 is 11.8 Å². The molecule has 2 rings (SSSR count). The smallest absolute Gasteiger partial charge is 0.271 e. The molecular formula is C19H22ClN3O3. The highest BCUT2D eigenvalue weighted by Crippen LogP contribution is 2.13. The molecule has 2 amide bonds. The molecule has 0 bridgehead atoms. The Morgan fingerprint density at radius 3 is 2.23 bits per heavy atom. The monoisotopic (exact) mass is 375 g/mol. The van der Waals surface area contributed by atoms with Crippen molar-refractivity contribution in [2.24, 2.45) is 0 Å². The topological polar surface area (TPSA) is 80.3 Å². The van der Waals surface area contributed by atoms with Crippen LogP contribution in [0.1, 0.15) is 53.3 Å². The van der Waals surface area contributed by atoms with Gasteiger partial charge in [0.25, 0.3) is 11.8 Å². The van der Waals surface area contributed by atoms with Crippen LogP contribution in [0.25, 0.3) is 0 Å². The second kappa shape index (κ2) is 10.4. The molecule has 1 aromatic carbocycles. The normalized spacial score (nSPS) is 10.2. The highest BCUT2D eigenvalue weighted by Gasteiger charge is 2.09. The number of rotatable bonds is 8. The lowest BCUT2D eigenvalue weighted by atomic mass is 10.2. The second-order valence-electron chi connectivity index (χ2n) is 5.71. The van der Waals surface area contributed by atoms with Crippen LogP contribution in [0.4, 0.5) is 0 Å². The molecule has 0 radical (unpaired) electrons. The Morgan fingerprint density at radius 2 is 1.62 bits per heavy atom. The zero-order valence-corrected chi connectivity index (χ0v) is 15.4. The molecule has 0 aliphatic rings. The second-order valence-corrected chi connectivity index (χ2v) is 6.10. The van der Waals surface area contributed by atoms with Crippen molar-refractivity contribution in [2.45, 2.75) is 32.6 Å². The van der Waals surface area contributed by atoms with E-state index in [1.807, 2.05) is 0 Å². The Labute approximate surface area is 157 Å². The Morgan fingerprint density at radius 1 is 0.962 bits per heavy atom. The van der Waals surface area contributed by atoms with E-state index in [4.69, 9.17) is 16.3 Å². The molecule has 1 heterocycles. The lowest BCUT2D eigenvalue weighted by molar-refractivity contribution is 0.0846. The number of pyridine rings is 1. The van der Waals surface area contributed by atoms with Crippen LogP contribution in [-0.2, 0) is 0 Å². The number of hydrazine groups is 1. The summed E-state index contributed by atoms with van der Waals surface area (Å²) in [5.41, 5.74) is 5.40. The predicted molar refractivity (Wildman–Crippen MR) is 100 cm³/mol. The van der Waals surface area contributed by atoms with Crippen molar-refractivity contribution in [1.29, 1.82) is 0 Å². The first-order valence-corrected chi connectivity index (χ1v) is 8.93. The van der Waals surface area contributed by atoms with E-state index in [2.05, 4.69) is 22.8 Å². The van der Waals surface area contributed by atoms with Crippen LogP contribution in [0.2, 0.25) is 5.15 Å². The van der Waals surface area contributed by atoms with Gasteiger partial charge in [0, 0.05) is 11.8 Å². The first-order valence-electron chi connectivity index (χ1n) is 8.55. The molecule has 0 fully saturated rings. The van der Waals surface area contributed by atoms with Crippen LogP contribution in [0.3, 0.4) is 0 Å². The van der Waals surface area contributed by atoms with Crippen molar-refractivity contribution < 1.29 is 14.3 Å². The SMILES string of the molecule is CCCCCCOc1ccc(C(=O)NNC(=O)c2ccc(Cl)nc2)cc1. The van der Waals surface area contributed by atoms with Gasteiger partial charge >= 0.3 is 0 Å². The molecule has 7 heteroatoms. The highest BCUT2D eigenvalue weighted by molar-refractivity contribution is 6.29. The van der Waals surface area contributed by atoms with Gasteiger partial charge in [0.1, 0.15) is 10.9 Å². The van der Waals surface area contributed by atoms with Gasteiger partial charge < -0.3 is 4.74 Å². The molecule has 26 heavy (non-hydrogen) atoms. The number of unbranched alkanes of at least 4 members (excludes halogenated alkanes) is 3. The standard InChI is InChI=1S/C19H22ClN3O3/c1-2-3-4-5-12-26-16-9-6-14(7-10-16)18(24)22-23-19(25)15-8-11-17(20)21-13-15/h6-11,13H,2-5,12H2,1H3,(H,22,24)(H,23,25). The molecule has 0 unspecified atom stereocenters. The summed E-state index contributed by atoms with van der Waals surface area (Å²) in [5.74, 6) is -0.182. The fourth-order valence-corrected chi connectivity index (χ4v) is 2.30. The number of hydrogen-bond acceptors (Lipinski definition) is 4. The average molecular weight is 376 g/mol. The Kier molecular flexibility index (Phi) is 7.89. The van der Waals surface area contributed by atoms with Crippen molar-refractivity contribution in [1.82, 2.24) is 15.8 Å². The number of ether oxygens (including phenoxy) is 1. The number of nitrogens with one attached hydrogen (secondary N) is 2. The zero-order valence-electron chi connectivity index (χ0n) is 14.6. The van der Waals surface area contributed by atoms with Crippen LogP contribution >= 0.6 is 11.6 Å². The van der Waals surface area contributed by atoms with E-state index in [9.17, 15) is 9.59 Å². The van der Waals surface area contributed by atoms with Crippen LogP contribution in [0.5, 0.6) is 5.75 Å². The summed E-state index contributed by atoms with van der Waals surface area (Å²) in [7, 11) is 0. The van der Waals surface area contributed by atoms with Gasteiger partial charge in [-0.3, -0.25) is 20.4 Å². The maximum atomic E-state index is 12.1. The number of nitrogens with zero attached hydrogens (tertiary/aromatic N) is 1. The Bertz CT molecular complexity index is 718. The van der Waals surface area contributed by atoms with Crippen LogP contribution < -0.4 is 15.6 Å². The van der Waals surface area contributed by atoms with Crippen LogP contribution in [0, 0.1) is 0 Å². The minimum Gasteiger partial charge on any atom is -0.494 e. The van der Waals surface area contributed by atoms with Gasteiger partial charge in [-0.25, -0.2) is 4.98 Å². The maximum absolute atomic E-state index is 12.1. The van der Waals surface area contributed by atoms with Gasteiger partial charge in [-0.05, 0) is 42.8 Å². The molecular weight excluding hydrogens is 354 g/mol. The number of aromatic nitrogens is 1. The predicted octanol–water partition coefficient (Wildman–Crippen LogP) is 3.77. The molecule has 1 aromatic heterocycles. The summed E-state index contributed by atoms with van der Waals surface area (Å²) >= 11 is 5.67. The average Bonchev–Trinajstić information content (AvgIpc) is 2.66. The largest absolute Gasteiger partial charge is 0.494 e. The van der Waals surface area contributed by atoms with Crippen molar-refractivity contribution in [3.63, 3.8) is 0 Å². The molecule has 0 aliphatic carbocycles. The number of carbonyl (C=O) groups excluding carboxylic acids is 2. The van der Waals surface area contributed by atoms with Crippen molar-refractivity contribution >= 4 is 23.4 Å². The molecule has 0 saturated carbocycles. The molecule has 0 aliphatic heterocycles. The number of amides is 2. The lowest BCUT2D eigenvalue weighted by Crippen LogP contribution is -2.41.